The molecule has 0 amide bonds. The molecular weight excluding hydrogens is 158 g/mol. The lowest BCUT2D eigenvalue weighted by atomic mass is 10.4. The van der Waals surface area contributed by atoms with Crippen molar-refractivity contribution in [1.82, 2.24) is 5.32 Å². The van der Waals surface area contributed by atoms with Gasteiger partial charge >= 0.3 is 0 Å². The minimum atomic E-state index is -0.415. The van der Waals surface area contributed by atoms with Gasteiger partial charge in [-0.25, -0.2) is 0 Å². The van der Waals surface area contributed by atoms with Gasteiger partial charge in [-0.2, -0.15) is 0 Å². The maximum Gasteiger partial charge on any atom is 0.0897 e. The molecule has 74 valence electrons. The first-order valence-corrected chi connectivity index (χ1v) is 4.26. The molecule has 1 atom stereocenters. The van der Waals surface area contributed by atoms with Gasteiger partial charge in [0, 0.05) is 26.8 Å². The van der Waals surface area contributed by atoms with Gasteiger partial charge in [0.15, 0.2) is 0 Å². The Hall–Kier alpha value is -0.160. The van der Waals surface area contributed by atoms with Gasteiger partial charge < -0.3 is 19.9 Å². The Kier molecular flexibility index (Phi) is 8.81. The van der Waals surface area contributed by atoms with Crippen molar-refractivity contribution in [2.45, 2.75) is 13.0 Å². The first-order valence-electron chi connectivity index (χ1n) is 4.26. The molecule has 0 radical (unpaired) electrons. The second-order valence-corrected chi connectivity index (χ2v) is 2.51. The van der Waals surface area contributed by atoms with E-state index in [1.54, 1.807) is 7.11 Å². The van der Waals surface area contributed by atoms with Crippen molar-refractivity contribution in [2.24, 2.45) is 0 Å². The highest BCUT2D eigenvalue weighted by Gasteiger charge is 2.01. The summed E-state index contributed by atoms with van der Waals surface area (Å²) >= 11 is 0. The van der Waals surface area contributed by atoms with E-state index in [4.69, 9.17) is 9.47 Å². The van der Waals surface area contributed by atoms with Crippen molar-refractivity contribution >= 4 is 0 Å². The number of rotatable bonds is 8. The van der Waals surface area contributed by atoms with Crippen molar-refractivity contribution in [2.75, 3.05) is 40.0 Å². The molecule has 0 spiro atoms. The molecular formula is C8H19NO3. The number of aliphatic hydroxyl groups excluding tert-OH is 1. The molecule has 0 rings (SSSR count). The van der Waals surface area contributed by atoms with Crippen molar-refractivity contribution in [3.8, 4) is 0 Å². The van der Waals surface area contributed by atoms with Gasteiger partial charge in [-0.15, -0.1) is 0 Å². The van der Waals surface area contributed by atoms with Crippen LogP contribution in [-0.2, 0) is 9.47 Å². The fourth-order valence-corrected chi connectivity index (χ4v) is 0.756. The molecule has 0 aliphatic carbocycles. The molecule has 2 N–H and O–H groups in total. The summed E-state index contributed by atoms with van der Waals surface area (Å²) in [5.41, 5.74) is 0. The fraction of sp³-hybridized carbons (Fsp3) is 1.00. The van der Waals surface area contributed by atoms with Crippen LogP contribution in [0.15, 0.2) is 0 Å². The van der Waals surface area contributed by atoms with E-state index in [0.29, 0.717) is 26.4 Å². The highest BCUT2D eigenvalue weighted by Crippen LogP contribution is 1.82. The van der Waals surface area contributed by atoms with E-state index >= 15 is 0 Å². The quantitative estimate of drug-likeness (QED) is 0.496. The molecule has 0 fully saturated rings. The van der Waals surface area contributed by atoms with Crippen LogP contribution in [0, 0.1) is 0 Å². The predicted molar refractivity (Wildman–Crippen MR) is 47.2 cm³/mol. The smallest absolute Gasteiger partial charge is 0.0897 e. The lowest BCUT2D eigenvalue weighted by molar-refractivity contribution is 0.0420. The summed E-state index contributed by atoms with van der Waals surface area (Å²) in [4.78, 5) is 0. The maximum absolute atomic E-state index is 9.25. The van der Waals surface area contributed by atoms with Crippen LogP contribution in [0.4, 0.5) is 0 Å². The topological polar surface area (TPSA) is 50.7 Å². The van der Waals surface area contributed by atoms with E-state index < -0.39 is 6.10 Å². The van der Waals surface area contributed by atoms with Crippen molar-refractivity contribution < 1.29 is 14.6 Å². The van der Waals surface area contributed by atoms with E-state index in [1.165, 1.54) is 0 Å². The maximum atomic E-state index is 9.25. The average Bonchev–Trinajstić information content (AvgIpc) is 2.09. The van der Waals surface area contributed by atoms with Crippen LogP contribution < -0.4 is 5.32 Å². The van der Waals surface area contributed by atoms with Crippen LogP contribution >= 0.6 is 0 Å². The minimum absolute atomic E-state index is 0.399. The summed E-state index contributed by atoms with van der Waals surface area (Å²) in [5, 5.41) is 12.3. The zero-order valence-corrected chi connectivity index (χ0v) is 7.88. The van der Waals surface area contributed by atoms with Crippen molar-refractivity contribution in [1.29, 1.82) is 0 Å². The van der Waals surface area contributed by atoms with Gasteiger partial charge in [0.1, 0.15) is 0 Å². The number of methoxy groups -OCH3 is 1. The van der Waals surface area contributed by atoms with Crippen LogP contribution in [0.25, 0.3) is 0 Å². The number of hydrogen-bond acceptors (Lipinski definition) is 4. The van der Waals surface area contributed by atoms with Crippen LogP contribution in [0.3, 0.4) is 0 Å². The van der Waals surface area contributed by atoms with Crippen LogP contribution in [0.5, 0.6) is 0 Å². The highest BCUT2D eigenvalue weighted by molar-refractivity contribution is 4.57. The molecule has 0 aliphatic rings. The lowest BCUT2D eigenvalue weighted by Gasteiger charge is -2.10. The first kappa shape index (κ1) is 11.8. The van der Waals surface area contributed by atoms with Crippen LogP contribution in [0.1, 0.15) is 6.92 Å². The predicted octanol–water partition coefficient (Wildman–Crippen LogP) is -0.380. The molecule has 0 bridgehead atoms. The molecule has 0 saturated carbocycles. The molecule has 0 aliphatic heterocycles. The number of aliphatic hydroxyl groups is 1. The van der Waals surface area contributed by atoms with Crippen LogP contribution in [0.2, 0.25) is 0 Å². The monoisotopic (exact) mass is 177 g/mol. The Bertz CT molecular complexity index is 90.4. The molecule has 12 heavy (non-hydrogen) atoms. The summed E-state index contributed by atoms with van der Waals surface area (Å²) in [6, 6.07) is 0. The van der Waals surface area contributed by atoms with E-state index in [9.17, 15) is 5.11 Å². The third-order valence-electron chi connectivity index (χ3n) is 1.38. The number of ether oxygens (including phenoxy) is 2. The van der Waals surface area contributed by atoms with Crippen LogP contribution in [-0.4, -0.2) is 51.2 Å². The molecule has 4 heteroatoms. The fourth-order valence-electron chi connectivity index (χ4n) is 0.756. The third-order valence-corrected chi connectivity index (χ3v) is 1.38. The Morgan fingerprint density at radius 3 is 2.83 bits per heavy atom. The lowest BCUT2D eigenvalue weighted by Crippen LogP contribution is -2.32. The van der Waals surface area contributed by atoms with Gasteiger partial charge in [0.2, 0.25) is 0 Å². The molecule has 0 aromatic carbocycles. The van der Waals surface area contributed by atoms with E-state index in [2.05, 4.69) is 5.32 Å². The largest absolute Gasteiger partial charge is 0.389 e. The third kappa shape index (κ3) is 7.94. The number of nitrogens with one attached hydrogen (secondary N) is 1. The Labute approximate surface area is 73.9 Å². The van der Waals surface area contributed by atoms with Gasteiger partial charge in [0.25, 0.3) is 0 Å². The second-order valence-electron chi connectivity index (χ2n) is 2.51. The summed E-state index contributed by atoms with van der Waals surface area (Å²) < 4.78 is 9.86. The van der Waals surface area contributed by atoms with Gasteiger partial charge in [-0.05, 0) is 6.92 Å². The normalized spacial score (nSPS) is 13.2. The summed E-state index contributed by atoms with van der Waals surface area (Å²) in [5.74, 6) is 0. The van der Waals surface area contributed by atoms with Gasteiger partial charge in [-0.1, -0.05) is 0 Å². The van der Waals surface area contributed by atoms with E-state index in [0.717, 1.165) is 6.54 Å². The average molecular weight is 177 g/mol. The highest BCUT2D eigenvalue weighted by atomic mass is 16.5. The number of hydrogen-bond donors (Lipinski definition) is 2. The molecule has 0 aromatic rings. The molecule has 0 aromatic heterocycles. The van der Waals surface area contributed by atoms with Crippen molar-refractivity contribution in [3.05, 3.63) is 0 Å². The zero-order chi connectivity index (χ0) is 9.23. The van der Waals surface area contributed by atoms with Crippen molar-refractivity contribution in [3.63, 3.8) is 0 Å². The first-order chi connectivity index (χ1) is 5.81. The second kappa shape index (κ2) is 8.93. The zero-order valence-electron chi connectivity index (χ0n) is 7.88. The SMILES string of the molecule is CCOCC(O)CNCCOC. The Morgan fingerprint density at radius 1 is 1.50 bits per heavy atom. The summed E-state index contributed by atoms with van der Waals surface area (Å²) in [6.07, 6.45) is -0.415. The molecule has 4 nitrogen and oxygen atoms in total. The molecule has 0 heterocycles. The van der Waals surface area contributed by atoms with E-state index in [-0.39, 0.29) is 0 Å². The Morgan fingerprint density at radius 2 is 2.25 bits per heavy atom. The van der Waals surface area contributed by atoms with E-state index in [1.807, 2.05) is 6.92 Å². The standard InChI is InChI=1S/C8H19NO3/c1-3-12-7-8(10)6-9-4-5-11-2/h8-10H,3-7H2,1-2H3. The van der Waals surface area contributed by atoms with Gasteiger partial charge in [0.05, 0.1) is 19.3 Å². The Balaban J connectivity index is 3.02. The molecule has 0 saturated heterocycles. The molecule has 1 unspecified atom stereocenters. The summed E-state index contributed by atoms with van der Waals surface area (Å²) in [7, 11) is 1.65. The van der Waals surface area contributed by atoms with Gasteiger partial charge in [-0.3, -0.25) is 0 Å². The minimum Gasteiger partial charge on any atom is -0.389 e. The summed E-state index contributed by atoms with van der Waals surface area (Å²) in [6.45, 7) is 4.95.